The minimum absolute atomic E-state index is 0.151. The fraction of sp³-hybridized carbons (Fsp3) is 0.889. The van der Waals surface area contributed by atoms with Gasteiger partial charge in [-0.2, -0.15) is 13.2 Å². The van der Waals surface area contributed by atoms with Crippen LogP contribution >= 0.6 is 0 Å². The largest absolute Gasteiger partial charge is 0.409 e. The van der Waals surface area contributed by atoms with Crippen molar-refractivity contribution in [1.29, 1.82) is 0 Å². The maximum atomic E-state index is 12.6. The third kappa shape index (κ3) is 3.74. The highest BCUT2D eigenvalue weighted by molar-refractivity contribution is 5.83. The molecule has 1 heterocycles. The lowest BCUT2D eigenvalue weighted by Crippen LogP contribution is -2.44. The average molecular weight is 255 g/mol. The van der Waals surface area contributed by atoms with E-state index in [0.717, 1.165) is 0 Å². The standard InChI is InChI=1S/C9H16F3N3O2/c1-8(16)2-3-15(5-8)4-6(7(13)14-17)9(10,11)12/h6,16-17H,2-5H2,1H3,(H2,13,14). The van der Waals surface area contributed by atoms with Gasteiger partial charge in [0.25, 0.3) is 0 Å². The number of likely N-dealkylation sites (tertiary alicyclic amines) is 1. The second-order valence-electron chi connectivity index (χ2n) is 4.60. The van der Waals surface area contributed by atoms with Crippen LogP contribution in [0.1, 0.15) is 13.3 Å². The fourth-order valence-electron chi connectivity index (χ4n) is 1.89. The van der Waals surface area contributed by atoms with Gasteiger partial charge in [-0.1, -0.05) is 5.16 Å². The maximum Gasteiger partial charge on any atom is 0.400 e. The summed E-state index contributed by atoms with van der Waals surface area (Å²) in [5, 5.41) is 20.4. The summed E-state index contributed by atoms with van der Waals surface area (Å²) >= 11 is 0. The van der Waals surface area contributed by atoms with Crippen LogP contribution < -0.4 is 5.73 Å². The smallest absolute Gasteiger partial charge is 0.400 e. The number of alkyl halides is 3. The lowest BCUT2D eigenvalue weighted by molar-refractivity contribution is -0.160. The summed E-state index contributed by atoms with van der Waals surface area (Å²) in [5.41, 5.74) is 4.07. The van der Waals surface area contributed by atoms with E-state index < -0.39 is 30.1 Å². The van der Waals surface area contributed by atoms with Crippen molar-refractivity contribution >= 4 is 5.84 Å². The van der Waals surface area contributed by atoms with Crippen LogP contribution in [0.5, 0.6) is 0 Å². The second kappa shape index (κ2) is 4.69. The number of halogens is 3. The number of nitrogens with two attached hydrogens (primary N) is 1. The number of aliphatic hydroxyl groups is 1. The molecule has 0 saturated carbocycles. The Balaban J connectivity index is 2.69. The lowest BCUT2D eigenvalue weighted by atomic mass is 10.1. The molecule has 1 fully saturated rings. The molecule has 100 valence electrons. The molecule has 2 atom stereocenters. The Hall–Kier alpha value is -1.02. The Bertz CT molecular complexity index is 304. The molecule has 0 amide bonds. The highest BCUT2D eigenvalue weighted by Gasteiger charge is 2.45. The zero-order valence-electron chi connectivity index (χ0n) is 9.41. The minimum Gasteiger partial charge on any atom is -0.409 e. The van der Waals surface area contributed by atoms with Crippen molar-refractivity contribution in [2.24, 2.45) is 16.8 Å². The summed E-state index contributed by atoms with van der Waals surface area (Å²) in [6.45, 7) is 1.67. The molecule has 0 aromatic heterocycles. The summed E-state index contributed by atoms with van der Waals surface area (Å²) in [6, 6.07) is 0. The predicted molar refractivity (Wildman–Crippen MR) is 54.6 cm³/mol. The Labute approximate surface area is 96.7 Å². The highest BCUT2D eigenvalue weighted by atomic mass is 19.4. The summed E-state index contributed by atoms with van der Waals surface area (Å²) in [5.74, 6) is -2.87. The van der Waals surface area contributed by atoms with Crippen molar-refractivity contribution in [3.05, 3.63) is 0 Å². The molecule has 1 aliphatic heterocycles. The Morgan fingerprint density at radius 2 is 2.18 bits per heavy atom. The van der Waals surface area contributed by atoms with Crippen molar-refractivity contribution in [1.82, 2.24) is 4.90 Å². The number of nitrogens with zero attached hydrogens (tertiary/aromatic N) is 2. The first-order valence-electron chi connectivity index (χ1n) is 5.14. The summed E-state index contributed by atoms with van der Waals surface area (Å²) in [7, 11) is 0. The molecule has 8 heteroatoms. The van der Waals surface area contributed by atoms with Gasteiger partial charge >= 0.3 is 6.18 Å². The highest BCUT2D eigenvalue weighted by Crippen LogP contribution is 2.29. The van der Waals surface area contributed by atoms with Gasteiger partial charge in [0.2, 0.25) is 0 Å². The van der Waals surface area contributed by atoms with Gasteiger partial charge in [-0.3, -0.25) is 4.90 Å². The van der Waals surface area contributed by atoms with E-state index in [1.165, 1.54) is 4.90 Å². The van der Waals surface area contributed by atoms with Crippen molar-refractivity contribution in [3.8, 4) is 0 Å². The van der Waals surface area contributed by atoms with Crippen molar-refractivity contribution in [3.63, 3.8) is 0 Å². The molecular weight excluding hydrogens is 239 g/mol. The van der Waals surface area contributed by atoms with Crippen LogP contribution in [0, 0.1) is 5.92 Å². The molecule has 2 unspecified atom stereocenters. The first-order chi connectivity index (χ1) is 7.65. The van der Waals surface area contributed by atoms with Gasteiger partial charge in [0, 0.05) is 19.6 Å². The van der Waals surface area contributed by atoms with Crippen LogP contribution in [0.25, 0.3) is 0 Å². The van der Waals surface area contributed by atoms with E-state index in [1.807, 2.05) is 0 Å². The van der Waals surface area contributed by atoms with E-state index in [-0.39, 0.29) is 6.54 Å². The van der Waals surface area contributed by atoms with Gasteiger partial charge < -0.3 is 16.0 Å². The van der Waals surface area contributed by atoms with Crippen molar-refractivity contribution in [2.45, 2.75) is 25.1 Å². The molecular formula is C9H16F3N3O2. The second-order valence-corrected chi connectivity index (χ2v) is 4.60. The third-order valence-electron chi connectivity index (χ3n) is 2.84. The van der Waals surface area contributed by atoms with Crippen LogP contribution in [-0.4, -0.2) is 52.5 Å². The van der Waals surface area contributed by atoms with Gasteiger partial charge in [0.05, 0.1) is 5.60 Å². The van der Waals surface area contributed by atoms with Crippen LogP contribution in [0.4, 0.5) is 13.2 Å². The number of hydrogen-bond acceptors (Lipinski definition) is 4. The van der Waals surface area contributed by atoms with Gasteiger partial charge in [-0.15, -0.1) is 0 Å². The molecule has 1 saturated heterocycles. The van der Waals surface area contributed by atoms with E-state index >= 15 is 0 Å². The van der Waals surface area contributed by atoms with Gasteiger partial charge in [-0.05, 0) is 13.3 Å². The van der Waals surface area contributed by atoms with E-state index in [0.29, 0.717) is 13.0 Å². The molecule has 1 rings (SSSR count). The molecule has 0 radical (unpaired) electrons. The predicted octanol–water partition coefficient (Wildman–Crippen LogP) is 0.368. The number of oxime groups is 1. The Kier molecular flexibility index (Phi) is 3.88. The van der Waals surface area contributed by atoms with Crippen LogP contribution in [0.3, 0.4) is 0 Å². The zero-order valence-corrected chi connectivity index (χ0v) is 9.41. The monoisotopic (exact) mass is 255 g/mol. The molecule has 0 spiro atoms. The number of amidine groups is 1. The molecule has 1 aliphatic rings. The average Bonchev–Trinajstić information content (AvgIpc) is 2.52. The molecule has 4 N–H and O–H groups in total. The van der Waals surface area contributed by atoms with Crippen LogP contribution in [0.2, 0.25) is 0 Å². The molecule has 0 aromatic rings. The van der Waals surface area contributed by atoms with E-state index in [1.54, 1.807) is 6.92 Å². The molecule has 0 bridgehead atoms. The maximum absolute atomic E-state index is 12.6. The third-order valence-corrected chi connectivity index (χ3v) is 2.84. The van der Waals surface area contributed by atoms with Gasteiger partial charge in [-0.25, -0.2) is 0 Å². The number of hydrogen-bond donors (Lipinski definition) is 3. The van der Waals surface area contributed by atoms with Gasteiger partial charge in [0.15, 0.2) is 5.84 Å². The fourth-order valence-corrected chi connectivity index (χ4v) is 1.89. The molecule has 5 nitrogen and oxygen atoms in total. The van der Waals surface area contributed by atoms with Crippen LogP contribution in [0.15, 0.2) is 5.16 Å². The van der Waals surface area contributed by atoms with Gasteiger partial charge in [0.1, 0.15) is 5.92 Å². The number of rotatable bonds is 3. The Morgan fingerprint density at radius 1 is 1.59 bits per heavy atom. The normalized spacial score (nSPS) is 29.6. The zero-order chi connectivity index (χ0) is 13.3. The Morgan fingerprint density at radius 3 is 2.53 bits per heavy atom. The van der Waals surface area contributed by atoms with Crippen LogP contribution in [-0.2, 0) is 0 Å². The molecule has 0 aliphatic carbocycles. The SMILES string of the molecule is CC1(O)CCN(CC(C(N)=NO)C(F)(F)F)C1. The topological polar surface area (TPSA) is 82.1 Å². The summed E-state index contributed by atoms with van der Waals surface area (Å²) in [6.07, 6.45) is -4.15. The van der Waals surface area contributed by atoms with E-state index in [2.05, 4.69) is 5.16 Å². The van der Waals surface area contributed by atoms with E-state index in [4.69, 9.17) is 10.9 Å². The van der Waals surface area contributed by atoms with E-state index in [9.17, 15) is 18.3 Å². The lowest BCUT2D eigenvalue weighted by Gasteiger charge is -2.25. The minimum atomic E-state index is -4.56. The van der Waals surface area contributed by atoms with Crippen molar-refractivity contribution in [2.75, 3.05) is 19.6 Å². The quantitative estimate of drug-likeness (QED) is 0.294. The summed E-state index contributed by atoms with van der Waals surface area (Å²) < 4.78 is 37.9. The first-order valence-corrected chi connectivity index (χ1v) is 5.14. The number of β-amino-alcohol motifs (C(OH)–C–C–N with tert-alkyl or cyclic N) is 1. The first kappa shape index (κ1) is 14.0. The molecule has 0 aromatic carbocycles. The summed E-state index contributed by atoms with van der Waals surface area (Å²) in [4.78, 5) is 1.45. The van der Waals surface area contributed by atoms with Crippen molar-refractivity contribution < 1.29 is 23.5 Å². The molecule has 17 heavy (non-hydrogen) atoms.